The Morgan fingerprint density at radius 2 is 1.85 bits per heavy atom. The summed E-state index contributed by atoms with van der Waals surface area (Å²) >= 11 is 6.02. The Bertz CT molecular complexity index is 975. The van der Waals surface area contributed by atoms with Crippen molar-refractivity contribution in [3.8, 4) is 5.69 Å². The van der Waals surface area contributed by atoms with E-state index in [9.17, 15) is 4.79 Å². The maximum Gasteiger partial charge on any atom is 0.168 e. The molecule has 1 N–H and O–H groups in total. The summed E-state index contributed by atoms with van der Waals surface area (Å²) in [6.07, 6.45) is 1.38. The second kappa shape index (κ2) is 6.61. The van der Waals surface area contributed by atoms with Gasteiger partial charge in [-0.15, -0.1) is 5.10 Å². The summed E-state index contributed by atoms with van der Waals surface area (Å²) < 4.78 is 1.87. The highest BCUT2D eigenvalue weighted by Gasteiger charge is 2.31. The van der Waals surface area contributed by atoms with Crippen LogP contribution in [0.25, 0.3) is 5.69 Å². The lowest BCUT2D eigenvalue weighted by atomic mass is 9.87. The Morgan fingerprint density at radius 1 is 1.12 bits per heavy atom. The molecule has 0 amide bonds. The third-order valence-electron chi connectivity index (χ3n) is 4.80. The van der Waals surface area contributed by atoms with Gasteiger partial charge in [0.25, 0.3) is 0 Å². The highest BCUT2D eigenvalue weighted by Crippen LogP contribution is 2.34. The maximum absolute atomic E-state index is 12.8. The Hall–Kier alpha value is -2.59. The van der Waals surface area contributed by atoms with Gasteiger partial charge in [0, 0.05) is 17.1 Å². The van der Waals surface area contributed by atoms with E-state index in [4.69, 9.17) is 16.7 Å². The molecule has 0 spiro atoms. The minimum atomic E-state index is 0.148. The minimum Gasteiger partial charge on any atom is -0.338 e. The first kappa shape index (κ1) is 16.9. The molecule has 0 saturated carbocycles. The zero-order chi connectivity index (χ0) is 18.3. The van der Waals surface area contributed by atoms with E-state index in [-0.39, 0.29) is 5.78 Å². The average Bonchev–Trinajstić information content (AvgIpc) is 2.96. The summed E-state index contributed by atoms with van der Waals surface area (Å²) in [5.41, 5.74) is 4.65. The van der Waals surface area contributed by atoms with Gasteiger partial charge in [-0.2, -0.15) is 0 Å². The first-order chi connectivity index (χ1) is 12.5. The number of carbonyl (C=O) groups excluding carboxylic acids is 1. The van der Waals surface area contributed by atoms with Crippen LogP contribution < -0.4 is 5.32 Å². The van der Waals surface area contributed by atoms with E-state index in [0.29, 0.717) is 28.7 Å². The second-order valence-corrected chi connectivity index (χ2v) is 7.37. The lowest BCUT2D eigenvalue weighted by molar-refractivity contribution is 0.0953. The number of para-hydroxylation sites is 1. The number of hydrogen-bond donors (Lipinski definition) is 1. The van der Waals surface area contributed by atoms with Gasteiger partial charge >= 0.3 is 0 Å². The number of hydrogen-bond acceptors (Lipinski definition) is 3. The molecule has 0 aliphatic heterocycles. The molecule has 0 bridgehead atoms. The summed E-state index contributed by atoms with van der Waals surface area (Å²) in [6.45, 7) is 4.14. The largest absolute Gasteiger partial charge is 0.338 e. The van der Waals surface area contributed by atoms with Crippen molar-refractivity contribution in [2.75, 3.05) is 5.32 Å². The quantitative estimate of drug-likeness (QED) is 0.681. The van der Waals surface area contributed by atoms with Crippen LogP contribution in [0.3, 0.4) is 0 Å². The fraction of sp³-hybridized carbons (Fsp3) is 0.238. The summed E-state index contributed by atoms with van der Waals surface area (Å²) in [5, 5.41) is 8.80. The van der Waals surface area contributed by atoms with Crippen LogP contribution in [-0.4, -0.2) is 15.6 Å². The molecular weight excluding hydrogens is 346 g/mol. The van der Waals surface area contributed by atoms with E-state index >= 15 is 0 Å². The fourth-order valence-electron chi connectivity index (χ4n) is 3.48. The zero-order valence-corrected chi connectivity index (χ0v) is 15.5. The lowest BCUT2D eigenvalue weighted by Crippen LogP contribution is -2.19. The van der Waals surface area contributed by atoms with Crippen LogP contribution in [0.4, 0.5) is 11.5 Å². The van der Waals surface area contributed by atoms with Gasteiger partial charge < -0.3 is 5.32 Å². The number of nitrogens with zero attached hydrogens (tertiary/aromatic N) is 2. The molecule has 5 heteroatoms. The highest BCUT2D eigenvalue weighted by molar-refractivity contribution is 6.30. The third kappa shape index (κ3) is 3.01. The number of fused-ring (bicyclic) bond motifs is 1. The summed E-state index contributed by atoms with van der Waals surface area (Å²) in [6, 6.07) is 15.5. The standard InChI is InChI=1S/C21H20ClN3O/c1-13-11-18-20(19(26)12-13)21(23-17-6-4-3-5-14(17)2)24-25(18)16-9-7-15(22)8-10-16/h3-10,13H,11-12H2,1-2H3,(H,23,24). The van der Waals surface area contributed by atoms with Crippen LogP contribution >= 0.6 is 11.6 Å². The van der Waals surface area contributed by atoms with E-state index in [0.717, 1.165) is 29.1 Å². The minimum absolute atomic E-state index is 0.148. The number of aromatic nitrogens is 2. The van der Waals surface area contributed by atoms with E-state index in [2.05, 4.69) is 12.2 Å². The molecule has 1 aliphatic carbocycles. The number of ketones is 1. The van der Waals surface area contributed by atoms with E-state index in [1.807, 2.05) is 60.1 Å². The molecule has 26 heavy (non-hydrogen) atoms. The topological polar surface area (TPSA) is 46.9 Å². The van der Waals surface area contributed by atoms with Gasteiger partial charge in [0.05, 0.1) is 16.9 Å². The predicted octanol–water partition coefficient (Wildman–Crippen LogP) is 5.34. The van der Waals surface area contributed by atoms with Crippen LogP contribution in [0.2, 0.25) is 5.02 Å². The molecule has 1 unspecified atom stereocenters. The van der Waals surface area contributed by atoms with Crippen molar-refractivity contribution in [1.29, 1.82) is 0 Å². The van der Waals surface area contributed by atoms with Crippen molar-refractivity contribution >= 4 is 28.9 Å². The van der Waals surface area contributed by atoms with Crippen LogP contribution in [-0.2, 0) is 6.42 Å². The number of benzene rings is 2. The van der Waals surface area contributed by atoms with Crippen LogP contribution in [0.15, 0.2) is 48.5 Å². The molecule has 0 radical (unpaired) electrons. The number of carbonyl (C=O) groups is 1. The molecule has 4 rings (SSSR count). The normalized spacial score (nSPS) is 16.4. The van der Waals surface area contributed by atoms with Gasteiger partial charge in [0.2, 0.25) is 0 Å². The predicted molar refractivity (Wildman–Crippen MR) is 105 cm³/mol. The number of aryl methyl sites for hydroxylation is 1. The Labute approximate surface area is 157 Å². The molecule has 2 aromatic carbocycles. The summed E-state index contributed by atoms with van der Waals surface area (Å²) in [7, 11) is 0. The van der Waals surface area contributed by atoms with Gasteiger partial charge in [-0.25, -0.2) is 4.68 Å². The Balaban J connectivity index is 1.84. The number of Topliss-reactive ketones (excluding diaryl/α,β-unsaturated/α-hetero) is 1. The van der Waals surface area contributed by atoms with Crippen LogP contribution in [0.5, 0.6) is 0 Å². The van der Waals surface area contributed by atoms with Gasteiger partial charge in [-0.05, 0) is 55.2 Å². The van der Waals surface area contributed by atoms with Crippen LogP contribution in [0.1, 0.15) is 35.0 Å². The van der Waals surface area contributed by atoms with Crippen molar-refractivity contribution in [3.05, 3.63) is 70.4 Å². The summed E-state index contributed by atoms with van der Waals surface area (Å²) in [5.74, 6) is 1.08. The average molecular weight is 366 g/mol. The number of halogens is 1. The molecule has 4 nitrogen and oxygen atoms in total. The molecule has 0 saturated heterocycles. The maximum atomic E-state index is 12.8. The molecule has 1 aromatic heterocycles. The molecule has 132 valence electrons. The van der Waals surface area contributed by atoms with Gasteiger partial charge in [-0.1, -0.05) is 36.7 Å². The molecule has 3 aromatic rings. The van der Waals surface area contributed by atoms with Crippen molar-refractivity contribution in [2.24, 2.45) is 5.92 Å². The zero-order valence-electron chi connectivity index (χ0n) is 14.8. The van der Waals surface area contributed by atoms with Crippen molar-refractivity contribution < 1.29 is 4.79 Å². The fourth-order valence-corrected chi connectivity index (χ4v) is 3.61. The van der Waals surface area contributed by atoms with Crippen molar-refractivity contribution in [3.63, 3.8) is 0 Å². The Kier molecular flexibility index (Phi) is 4.29. The molecule has 1 aliphatic rings. The first-order valence-electron chi connectivity index (χ1n) is 8.76. The monoisotopic (exact) mass is 365 g/mol. The van der Waals surface area contributed by atoms with E-state index < -0.39 is 0 Å². The van der Waals surface area contributed by atoms with Crippen LogP contribution in [0, 0.1) is 12.8 Å². The molecule has 0 fully saturated rings. The lowest BCUT2D eigenvalue weighted by Gasteiger charge is -2.19. The highest BCUT2D eigenvalue weighted by atomic mass is 35.5. The molecule has 1 atom stereocenters. The molecular formula is C21H20ClN3O. The second-order valence-electron chi connectivity index (χ2n) is 6.94. The number of anilines is 2. The SMILES string of the molecule is Cc1ccccc1Nc1nn(-c2ccc(Cl)cc2)c2c1C(=O)CC(C)C2. The van der Waals surface area contributed by atoms with Gasteiger partial charge in [-0.3, -0.25) is 4.79 Å². The Morgan fingerprint density at radius 3 is 2.58 bits per heavy atom. The van der Waals surface area contributed by atoms with E-state index in [1.54, 1.807) is 0 Å². The van der Waals surface area contributed by atoms with Gasteiger partial charge in [0.15, 0.2) is 11.6 Å². The number of nitrogens with one attached hydrogen (secondary N) is 1. The molecule has 1 heterocycles. The smallest absolute Gasteiger partial charge is 0.168 e. The summed E-state index contributed by atoms with van der Waals surface area (Å²) in [4.78, 5) is 12.8. The van der Waals surface area contributed by atoms with Gasteiger partial charge in [0.1, 0.15) is 0 Å². The first-order valence-corrected chi connectivity index (χ1v) is 9.14. The number of rotatable bonds is 3. The third-order valence-corrected chi connectivity index (χ3v) is 5.06. The van der Waals surface area contributed by atoms with E-state index in [1.165, 1.54) is 0 Å². The van der Waals surface area contributed by atoms with Crippen molar-refractivity contribution in [1.82, 2.24) is 9.78 Å². The van der Waals surface area contributed by atoms with Crippen molar-refractivity contribution in [2.45, 2.75) is 26.7 Å².